The molecule has 1 aromatic carbocycles. The maximum absolute atomic E-state index is 6.27. The number of benzene rings is 1. The molecule has 1 heterocycles. The van der Waals surface area contributed by atoms with Crippen molar-refractivity contribution >= 4 is 31.9 Å². The Labute approximate surface area is 143 Å². The van der Waals surface area contributed by atoms with Crippen LogP contribution in [0, 0.1) is 0 Å². The zero-order valence-electron chi connectivity index (χ0n) is 13.1. The molecule has 5 heteroatoms. The van der Waals surface area contributed by atoms with Crippen LogP contribution in [0.3, 0.4) is 0 Å². The van der Waals surface area contributed by atoms with Crippen LogP contribution in [0.5, 0.6) is 11.5 Å². The van der Waals surface area contributed by atoms with Gasteiger partial charge in [0.2, 0.25) is 0 Å². The molecule has 1 unspecified atom stereocenters. The van der Waals surface area contributed by atoms with Crippen LogP contribution in [0.25, 0.3) is 0 Å². The number of rotatable bonds is 4. The Morgan fingerprint density at radius 3 is 2.43 bits per heavy atom. The standard InChI is InChI=1S/C16H22Br2O3/c1-15(2)8-13(16(3,4)21-15)20-14-11(18)6-10(9-17)7-12(14)19-5/h6-7,13H,8-9H2,1-5H3. The SMILES string of the molecule is COc1cc(CBr)cc(Br)c1OC1CC(C)(C)OC1(C)C. The molecule has 0 bridgehead atoms. The highest BCUT2D eigenvalue weighted by molar-refractivity contribution is 9.10. The van der Waals surface area contributed by atoms with Gasteiger partial charge < -0.3 is 14.2 Å². The fraction of sp³-hybridized carbons (Fsp3) is 0.625. The molecule has 1 saturated heterocycles. The van der Waals surface area contributed by atoms with E-state index in [1.165, 1.54) is 0 Å². The highest BCUT2D eigenvalue weighted by Gasteiger charge is 2.47. The molecule has 1 aliphatic rings. The second-order valence-corrected chi connectivity index (χ2v) is 7.93. The molecule has 0 saturated carbocycles. The van der Waals surface area contributed by atoms with Gasteiger partial charge in [0.25, 0.3) is 0 Å². The summed E-state index contributed by atoms with van der Waals surface area (Å²) in [5, 5.41) is 0.771. The molecule has 0 N–H and O–H groups in total. The van der Waals surface area contributed by atoms with Crippen LogP contribution in [0.4, 0.5) is 0 Å². The van der Waals surface area contributed by atoms with Crippen molar-refractivity contribution in [1.29, 1.82) is 0 Å². The first-order valence-corrected chi connectivity index (χ1v) is 8.89. The third-order valence-corrected chi connectivity index (χ3v) is 4.93. The molecule has 3 nitrogen and oxygen atoms in total. The highest BCUT2D eigenvalue weighted by Crippen LogP contribution is 2.44. The van der Waals surface area contributed by atoms with Crippen molar-refractivity contribution in [1.82, 2.24) is 0 Å². The van der Waals surface area contributed by atoms with Gasteiger partial charge >= 0.3 is 0 Å². The zero-order valence-corrected chi connectivity index (χ0v) is 16.3. The van der Waals surface area contributed by atoms with E-state index in [1.807, 2.05) is 12.1 Å². The summed E-state index contributed by atoms with van der Waals surface area (Å²) in [6.45, 7) is 8.33. The van der Waals surface area contributed by atoms with Gasteiger partial charge in [0.1, 0.15) is 11.7 Å². The van der Waals surface area contributed by atoms with Gasteiger partial charge in [-0.25, -0.2) is 0 Å². The Balaban J connectivity index is 2.31. The zero-order chi connectivity index (χ0) is 15.8. The van der Waals surface area contributed by atoms with E-state index in [-0.39, 0.29) is 17.3 Å². The van der Waals surface area contributed by atoms with Crippen LogP contribution in [-0.4, -0.2) is 24.4 Å². The second kappa shape index (κ2) is 6.09. The number of methoxy groups -OCH3 is 1. The van der Waals surface area contributed by atoms with Crippen molar-refractivity contribution < 1.29 is 14.2 Å². The van der Waals surface area contributed by atoms with Gasteiger partial charge in [0.15, 0.2) is 11.5 Å². The maximum atomic E-state index is 6.27. The van der Waals surface area contributed by atoms with Crippen molar-refractivity contribution in [2.45, 2.75) is 56.8 Å². The summed E-state index contributed by atoms with van der Waals surface area (Å²) in [5.41, 5.74) is 0.625. The van der Waals surface area contributed by atoms with Crippen molar-refractivity contribution in [3.05, 3.63) is 22.2 Å². The molecule has 118 valence electrons. The third kappa shape index (κ3) is 3.74. The summed E-state index contributed by atoms with van der Waals surface area (Å²) in [7, 11) is 1.66. The molecular formula is C16H22Br2O3. The molecule has 2 rings (SSSR count). The quantitative estimate of drug-likeness (QED) is 0.634. The van der Waals surface area contributed by atoms with Crippen LogP contribution in [-0.2, 0) is 10.1 Å². The molecule has 0 spiro atoms. The molecular weight excluding hydrogens is 400 g/mol. The summed E-state index contributed by atoms with van der Waals surface area (Å²) >= 11 is 7.05. The van der Waals surface area contributed by atoms with Crippen LogP contribution < -0.4 is 9.47 Å². The average Bonchev–Trinajstić information content (AvgIpc) is 2.59. The molecule has 1 fully saturated rings. The number of alkyl halides is 1. The number of hydrogen-bond donors (Lipinski definition) is 0. The van der Waals surface area contributed by atoms with Gasteiger partial charge in [0.05, 0.1) is 17.2 Å². The molecule has 0 radical (unpaired) electrons. The van der Waals surface area contributed by atoms with Gasteiger partial charge in [-0.3, -0.25) is 0 Å². The monoisotopic (exact) mass is 420 g/mol. The molecule has 0 aromatic heterocycles. The van der Waals surface area contributed by atoms with E-state index >= 15 is 0 Å². The van der Waals surface area contributed by atoms with Gasteiger partial charge in [-0.2, -0.15) is 0 Å². The first-order valence-electron chi connectivity index (χ1n) is 6.98. The Hall–Kier alpha value is -0.260. The van der Waals surface area contributed by atoms with Crippen LogP contribution in [0.1, 0.15) is 39.7 Å². The van der Waals surface area contributed by atoms with E-state index in [0.717, 1.165) is 33.3 Å². The minimum absolute atomic E-state index is 0.0208. The summed E-state index contributed by atoms with van der Waals surface area (Å²) in [5.74, 6) is 1.47. The van der Waals surface area contributed by atoms with Crippen molar-refractivity contribution in [2.24, 2.45) is 0 Å². The van der Waals surface area contributed by atoms with Crippen molar-refractivity contribution in [3.8, 4) is 11.5 Å². The fourth-order valence-electron chi connectivity index (χ4n) is 2.80. The first kappa shape index (κ1) is 17.1. The number of ether oxygens (including phenoxy) is 3. The van der Waals surface area contributed by atoms with Gasteiger partial charge in [0, 0.05) is 11.8 Å². The smallest absolute Gasteiger partial charge is 0.175 e. The molecule has 21 heavy (non-hydrogen) atoms. The fourth-order valence-corrected chi connectivity index (χ4v) is 3.71. The van der Waals surface area contributed by atoms with E-state index < -0.39 is 0 Å². The highest BCUT2D eigenvalue weighted by atomic mass is 79.9. The molecule has 1 aliphatic heterocycles. The van der Waals surface area contributed by atoms with Crippen molar-refractivity contribution in [3.63, 3.8) is 0 Å². The molecule has 1 atom stereocenters. The lowest BCUT2D eigenvalue weighted by Gasteiger charge is -2.28. The Kier molecular flexibility index (Phi) is 4.96. The predicted molar refractivity (Wildman–Crippen MR) is 91.6 cm³/mol. The summed E-state index contributed by atoms with van der Waals surface area (Å²) in [4.78, 5) is 0. The van der Waals surface area contributed by atoms with E-state index in [2.05, 4.69) is 59.6 Å². The van der Waals surface area contributed by atoms with Gasteiger partial charge in [-0.05, 0) is 61.3 Å². The lowest BCUT2D eigenvalue weighted by Crippen LogP contribution is -2.36. The second-order valence-electron chi connectivity index (χ2n) is 6.52. The Bertz CT molecular complexity index is 526. The van der Waals surface area contributed by atoms with Crippen LogP contribution in [0.15, 0.2) is 16.6 Å². The normalized spacial score (nSPS) is 23.1. The van der Waals surface area contributed by atoms with Crippen LogP contribution in [0.2, 0.25) is 0 Å². The number of halogens is 2. The van der Waals surface area contributed by atoms with Crippen molar-refractivity contribution in [2.75, 3.05) is 7.11 Å². The lowest BCUT2D eigenvalue weighted by atomic mass is 9.97. The van der Waals surface area contributed by atoms with E-state index in [9.17, 15) is 0 Å². The van der Waals surface area contributed by atoms with Gasteiger partial charge in [-0.15, -0.1) is 0 Å². The molecule has 0 aliphatic carbocycles. The van der Waals surface area contributed by atoms with Crippen LogP contribution >= 0.6 is 31.9 Å². The Morgan fingerprint density at radius 1 is 1.29 bits per heavy atom. The minimum Gasteiger partial charge on any atom is -0.493 e. The molecule has 0 amide bonds. The summed E-state index contributed by atoms with van der Waals surface area (Å²) in [6.07, 6.45) is 0.822. The maximum Gasteiger partial charge on any atom is 0.175 e. The Morgan fingerprint density at radius 2 is 1.95 bits per heavy atom. The summed E-state index contributed by atoms with van der Waals surface area (Å²) < 4.78 is 18.7. The topological polar surface area (TPSA) is 27.7 Å². The first-order chi connectivity index (χ1) is 9.68. The third-order valence-electron chi connectivity index (χ3n) is 3.70. The average molecular weight is 422 g/mol. The number of hydrogen-bond acceptors (Lipinski definition) is 3. The predicted octanol–water partition coefficient (Wildman–Crippen LogP) is 5.08. The lowest BCUT2D eigenvalue weighted by molar-refractivity contribution is -0.0848. The van der Waals surface area contributed by atoms with Gasteiger partial charge in [-0.1, -0.05) is 15.9 Å². The van der Waals surface area contributed by atoms with E-state index in [1.54, 1.807) is 7.11 Å². The minimum atomic E-state index is -0.331. The summed E-state index contributed by atoms with van der Waals surface area (Å²) in [6, 6.07) is 4.03. The largest absolute Gasteiger partial charge is 0.493 e. The van der Waals surface area contributed by atoms with E-state index in [0.29, 0.717) is 0 Å². The van der Waals surface area contributed by atoms with E-state index in [4.69, 9.17) is 14.2 Å². The molecule has 1 aromatic rings.